The van der Waals surface area contributed by atoms with Gasteiger partial charge in [-0.1, -0.05) is 0 Å². The van der Waals surface area contributed by atoms with Crippen LogP contribution in [-0.2, 0) is 20.0 Å². The number of carboxylic acids is 2. The molecule has 28 heavy (non-hydrogen) atoms. The van der Waals surface area contributed by atoms with E-state index in [9.17, 15) is 9.59 Å². The molecular weight excluding hydrogens is 459 g/mol. The normalized spacial score (nSPS) is 9.96. The van der Waals surface area contributed by atoms with Crippen LogP contribution in [0.15, 0.2) is 0 Å². The van der Waals surface area contributed by atoms with Gasteiger partial charge in [-0.2, -0.15) is 8.42 Å². The second-order valence-electron chi connectivity index (χ2n) is 3.04. The van der Waals surface area contributed by atoms with Crippen LogP contribution >= 0.6 is 0 Å². The monoisotopic (exact) mass is 474 g/mol. The number of aliphatic carboxylic acids is 2. The van der Waals surface area contributed by atoms with E-state index in [1.54, 1.807) is 0 Å². The molecule has 0 amide bonds. The van der Waals surface area contributed by atoms with Crippen molar-refractivity contribution in [1.82, 2.24) is 0 Å². The molecule has 0 aromatic rings. The molecule has 0 aliphatic carbocycles. The van der Waals surface area contributed by atoms with Crippen LogP contribution in [0.3, 0.4) is 0 Å². The minimum atomic E-state index is -4.86. The topological polar surface area (TPSA) is 368 Å². The summed E-state index contributed by atoms with van der Waals surface area (Å²) in [6, 6.07) is 0. The molecule has 164 valence electrons. The quantitative estimate of drug-likeness (QED) is 0.133. The van der Waals surface area contributed by atoms with E-state index in [1.165, 1.54) is 0 Å². The van der Waals surface area contributed by atoms with Crippen molar-refractivity contribution in [3.63, 3.8) is 0 Å². The van der Waals surface area contributed by atoms with E-state index >= 15 is 0 Å². The van der Waals surface area contributed by atoms with Gasteiger partial charge < -0.3 is 54.9 Å². The molecule has 22 heteroatoms. The molecule has 0 saturated carbocycles. The summed E-state index contributed by atoms with van der Waals surface area (Å²) in [6.45, 7) is 0. The molecule has 0 heterocycles. The second-order valence-corrected chi connectivity index (χ2v) is 5.08. The van der Waals surface area contributed by atoms with Crippen molar-refractivity contribution in [3.05, 3.63) is 0 Å². The molecule has 0 aromatic carbocycles. The molecule has 1 unspecified atom stereocenters. The Labute approximate surface area is 177 Å². The molecular formula is C6H15NaO19SSi. The molecule has 0 aliphatic heterocycles. The van der Waals surface area contributed by atoms with E-state index in [0.29, 0.717) is 0 Å². The summed E-state index contributed by atoms with van der Waals surface area (Å²) in [4.78, 5) is 67.1. The molecule has 0 spiro atoms. The molecule has 0 aliphatic rings. The maximum atomic E-state index is 9.72. The number of carboxylic acid groups (broad SMARTS) is 6. The third kappa shape index (κ3) is 328. The summed E-state index contributed by atoms with van der Waals surface area (Å²) in [6.07, 6.45) is -6.21. The third-order valence-corrected chi connectivity index (χ3v) is 0.653. The molecule has 0 aromatic heterocycles. The van der Waals surface area contributed by atoms with Crippen molar-refractivity contribution in [2.24, 2.45) is 0 Å². The zero-order valence-electron chi connectivity index (χ0n) is 13.4. The van der Waals surface area contributed by atoms with Crippen LogP contribution in [-0.4, -0.2) is 107 Å². The minimum absolute atomic E-state index is 0. The predicted molar refractivity (Wildman–Crippen MR) is 73.8 cm³/mol. The maximum absolute atomic E-state index is 9.72. The summed E-state index contributed by atoms with van der Waals surface area (Å²) >= 11 is 0. The summed E-state index contributed by atoms with van der Waals surface area (Å²) in [5.74, 6) is -2.85. The standard InChI is InChI=1S/C4H6O5.2CH2O3.Na.H2O4S.H3O4Si/c5-2(4(8)9)1-3(6)7;2*2-1(3)4;;2*1-5(2,3)4/h2,5H,1H2,(H,6,7)(H,8,9);2*(H2,2,3,4);;(H2,1,2,3,4);1-3H/q;;;+1;;-1. The fourth-order valence-corrected chi connectivity index (χ4v) is 0.253. The van der Waals surface area contributed by atoms with E-state index < -0.39 is 56.2 Å². The minimum Gasteiger partial charge on any atom is -0.794 e. The van der Waals surface area contributed by atoms with Crippen LogP contribution in [0.25, 0.3) is 0 Å². The first kappa shape index (κ1) is 40.9. The van der Waals surface area contributed by atoms with Crippen molar-refractivity contribution in [2.45, 2.75) is 12.5 Å². The molecule has 0 rings (SSSR count). The number of hydrogen-bond donors (Lipinski definition) is 12. The van der Waals surface area contributed by atoms with Crippen LogP contribution in [0.1, 0.15) is 6.42 Å². The fraction of sp³-hybridized carbons (Fsp3) is 0.333. The van der Waals surface area contributed by atoms with Gasteiger partial charge in [0.2, 0.25) is 0 Å². The number of rotatable bonds is 3. The number of aliphatic hydroxyl groups excluding tert-OH is 1. The number of hydrogen-bond acceptors (Lipinski definition) is 11. The smallest absolute Gasteiger partial charge is 0.794 e. The predicted octanol–water partition coefficient (Wildman–Crippen LogP) is -7.54. The van der Waals surface area contributed by atoms with Gasteiger partial charge in [-0.15, -0.1) is 0 Å². The Hall–Kier alpha value is -1.63. The van der Waals surface area contributed by atoms with Gasteiger partial charge in [-0.05, 0) is 0 Å². The Morgan fingerprint density at radius 2 is 0.964 bits per heavy atom. The van der Waals surface area contributed by atoms with Gasteiger partial charge in [0.15, 0.2) is 6.10 Å². The second kappa shape index (κ2) is 21.7. The van der Waals surface area contributed by atoms with E-state index in [-0.39, 0.29) is 29.6 Å². The largest absolute Gasteiger partial charge is 1.00 e. The SMILES string of the molecule is O=C(O)CC(O)C(=O)O.O=C(O)O.O=C(O)O.O=S(=O)(O)O.[Na+].[O-][Si](O)(O)O. The van der Waals surface area contributed by atoms with Crippen LogP contribution < -0.4 is 34.4 Å². The third-order valence-electron chi connectivity index (χ3n) is 0.653. The van der Waals surface area contributed by atoms with Gasteiger partial charge in [-0.25, -0.2) is 14.4 Å². The Kier molecular flexibility index (Phi) is 31.6. The Bertz CT molecular complexity index is 503. The van der Waals surface area contributed by atoms with Gasteiger partial charge in [0, 0.05) is 0 Å². The summed E-state index contributed by atoms with van der Waals surface area (Å²) in [7, 11) is -9.53. The van der Waals surface area contributed by atoms with Gasteiger partial charge in [0.1, 0.15) is 0 Å². The summed E-state index contributed by atoms with van der Waals surface area (Å²) in [5, 5.41) is 52.0. The fourth-order valence-electron chi connectivity index (χ4n) is 0.253. The van der Waals surface area contributed by atoms with Crippen molar-refractivity contribution in [3.8, 4) is 0 Å². The Morgan fingerprint density at radius 1 is 0.821 bits per heavy atom. The zero-order valence-corrected chi connectivity index (χ0v) is 17.2. The number of carbonyl (C=O) groups is 4. The Morgan fingerprint density at radius 3 is 1.00 bits per heavy atom. The van der Waals surface area contributed by atoms with Crippen molar-refractivity contribution in [2.75, 3.05) is 0 Å². The molecule has 12 N–H and O–H groups in total. The van der Waals surface area contributed by atoms with Crippen LogP contribution in [0, 0.1) is 0 Å². The number of aliphatic hydroxyl groups is 1. The molecule has 0 bridgehead atoms. The zero-order chi connectivity index (χ0) is 23.6. The summed E-state index contributed by atoms with van der Waals surface area (Å²) < 4.78 is 31.6. The average Bonchev–Trinajstić information content (AvgIpc) is 2.20. The first-order valence-corrected chi connectivity index (χ1v) is 8.19. The molecule has 0 fully saturated rings. The van der Waals surface area contributed by atoms with Crippen LogP contribution in [0.4, 0.5) is 9.59 Å². The van der Waals surface area contributed by atoms with E-state index in [4.69, 9.17) is 82.0 Å². The first-order chi connectivity index (χ1) is 11.5. The average molecular weight is 474 g/mol. The van der Waals surface area contributed by atoms with Crippen molar-refractivity contribution >= 4 is 43.7 Å². The van der Waals surface area contributed by atoms with Crippen molar-refractivity contribution < 1.29 is 121 Å². The van der Waals surface area contributed by atoms with Gasteiger partial charge in [-0.3, -0.25) is 13.9 Å². The van der Waals surface area contributed by atoms with E-state index in [1.807, 2.05) is 0 Å². The molecule has 0 saturated heterocycles. The van der Waals surface area contributed by atoms with E-state index in [2.05, 4.69) is 0 Å². The van der Waals surface area contributed by atoms with Crippen LogP contribution in [0.2, 0.25) is 0 Å². The van der Waals surface area contributed by atoms with Crippen molar-refractivity contribution in [1.29, 1.82) is 0 Å². The van der Waals surface area contributed by atoms with E-state index in [0.717, 1.165) is 0 Å². The van der Waals surface area contributed by atoms with Gasteiger partial charge in [0.05, 0.1) is 6.42 Å². The molecule has 0 radical (unpaired) electrons. The Balaban J connectivity index is -0.0000000560. The van der Waals surface area contributed by atoms with Gasteiger partial charge >= 0.3 is 73.3 Å². The first-order valence-electron chi connectivity index (χ1n) is 5.04. The maximum Gasteiger partial charge on any atom is 1.00 e. The molecule has 19 nitrogen and oxygen atoms in total. The van der Waals surface area contributed by atoms with Gasteiger partial charge in [0.25, 0.3) is 0 Å². The summed E-state index contributed by atoms with van der Waals surface area (Å²) in [5.41, 5.74) is 0. The van der Waals surface area contributed by atoms with Crippen LogP contribution in [0.5, 0.6) is 0 Å². The molecule has 1 atom stereocenters.